The van der Waals surface area contributed by atoms with Crippen molar-refractivity contribution in [3.63, 3.8) is 0 Å². The van der Waals surface area contributed by atoms with Crippen LogP contribution in [0.2, 0.25) is 0 Å². The Kier molecular flexibility index (Phi) is 10.9. The molecule has 0 saturated heterocycles. The highest BCUT2D eigenvalue weighted by atomic mass is 127. The molecule has 1 heterocycles. The number of hydrogen-bond acceptors (Lipinski definition) is 2. The molecule has 136 valence electrons. The molecule has 25 heavy (non-hydrogen) atoms. The standard InChI is InChI=1S/C10H9FIN.C8H11N.C2H7N/c1-6-3-10-8(5-9(6)11)4-7(2)13(10)12;1-5-8(6-2)7-9(3)4;1-2-3/h3-5H,1-2H3;1,6-7H,2H2,3-4H3;2-3H2,1H3/b;8-7+;. The molecule has 0 aliphatic heterocycles. The van der Waals surface area contributed by atoms with Crippen molar-refractivity contribution in [1.82, 2.24) is 7.68 Å². The molecule has 0 radical (unpaired) electrons. The zero-order valence-electron chi connectivity index (χ0n) is 15.6. The van der Waals surface area contributed by atoms with Crippen molar-refractivity contribution < 1.29 is 4.39 Å². The lowest BCUT2D eigenvalue weighted by molar-refractivity contribution is 0.562. The third kappa shape index (κ3) is 7.76. The quantitative estimate of drug-likeness (QED) is 0.401. The number of rotatable bonds is 2. The molecule has 2 aromatic rings. The van der Waals surface area contributed by atoms with Crippen LogP contribution in [0, 0.1) is 32.0 Å². The molecule has 0 spiro atoms. The molecule has 0 fully saturated rings. The number of nitrogens with zero attached hydrogens (tertiary/aromatic N) is 2. The third-order valence-electron chi connectivity index (χ3n) is 2.98. The molecule has 0 unspecified atom stereocenters. The molecule has 0 saturated carbocycles. The van der Waals surface area contributed by atoms with Crippen LogP contribution in [0.5, 0.6) is 0 Å². The van der Waals surface area contributed by atoms with E-state index in [9.17, 15) is 4.39 Å². The van der Waals surface area contributed by atoms with Gasteiger partial charge in [0.15, 0.2) is 0 Å². The van der Waals surface area contributed by atoms with Gasteiger partial charge in [-0.2, -0.15) is 0 Å². The predicted octanol–water partition coefficient (Wildman–Crippen LogP) is 4.81. The number of aryl methyl sites for hydroxylation is 2. The second-order valence-electron chi connectivity index (χ2n) is 5.53. The summed E-state index contributed by atoms with van der Waals surface area (Å²) in [5.74, 6) is 2.35. The van der Waals surface area contributed by atoms with Crippen molar-refractivity contribution in [2.24, 2.45) is 5.73 Å². The van der Waals surface area contributed by atoms with E-state index < -0.39 is 0 Å². The first-order valence-corrected chi connectivity index (χ1v) is 8.79. The van der Waals surface area contributed by atoms with Gasteiger partial charge in [-0.3, -0.25) is 2.78 Å². The van der Waals surface area contributed by atoms with Crippen LogP contribution >= 0.6 is 22.9 Å². The lowest BCUT2D eigenvalue weighted by Crippen LogP contribution is -2.01. The number of nitrogens with two attached hydrogens (primary N) is 1. The summed E-state index contributed by atoms with van der Waals surface area (Å²) in [6.45, 7) is 10.00. The van der Waals surface area contributed by atoms with Gasteiger partial charge in [-0.1, -0.05) is 25.5 Å². The van der Waals surface area contributed by atoms with Crippen molar-refractivity contribution in [2.75, 3.05) is 20.6 Å². The number of terminal acetylenes is 1. The van der Waals surface area contributed by atoms with Crippen LogP contribution in [-0.4, -0.2) is 28.3 Å². The highest BCUT2D eigenvalue weighted by Crippen LogP contribution is 2.24. The minimum atomic E-state index is -0.130. The van der Waals surface area contributed by atoms with Crippen molar-refractivity contribution in [1.29, 1.82) is 0 Å². The lowest BCUT2D eigenvalue weighted by Gasteiger charge is -2.03. The molecule has 2 N–H and O–H groups in total. The molecule has 0 bridgehead atoms. The predicted molar refractivity (Wildman–Crippen MR) is 116 cm³/mol. The van der Waals surface area contributed by atoms with Gasteiger partial charge in [0.2, 0.25) is 0 Å². The summed E-state index contributed by atoms with van der Waals surface area (Å²) in [6, 6.07) is 5.46. The van der Waals surface area contributed by atoms with E-state index >= 15 is 0 Å². The van der Waals surface area contributed by atoms with E-state index in [-0.39, 0.29) is 5.82 Å². The van der Waals surface area contributed by atoms with E-state index in [1.165, 1.54) is 0 Å². The Balaban J connectivity index is 0.000000422. The van der Waals surface area contributed by atoms with Crippen LogP contribution in [0.15, 0.2) is 42.6 Å². The van der Waals surface area contributed by atoms with Crippen LogP contribution in [-0.2, 0) is 0 Å². The van der Waals surface area contributed by atoms with E-state index in [1.807, 2.05) is 54.0 Å². The second kappa shape index (κ2) is 11.7. The molecular formula is C20H27FIN3. The summed E-state index contributed by atoms with van der Waals surface area (Å²) >= 11 is 2.22. The number of benzene rings is 1. The van der Waals surface area contributed by atoms with Gasteiger partial charge in [-0.25, -0.2) is 4.39 Å². The first-order valence-electron chi connectivity index (χ1n) is 7.83. The highest BCUT2D eigenvalue weighted by molar-refractivity contribution is 14.1. The molecule has 3 nitrogen and oxygen atoms in total. The Hall–Kier alpha value is -1.78. The van der Waals surface area contributed by atoms with Gasteiger partial charge in [-0.15, -0.1) is 6.42 Å². The molecule has 1 aromatic carbocycles. The number of hydrogen-bond donors (Lipinski definition) is 1. The smallest absolute Gasteiger partial charge is 0.126 e. The van der Waals surface area contributed by atoms with Gasteiger partial charge >= 0.3 is 0 Å². The van der Waals surface area contributed by atoms with Gasteiger partial charge in [0.1, 0.15) is 5.82 Å². The molecular weight excluding hydrogens is 428 g/mol. The van der Waals surface area contributed by atoms with Gasteiger partial charge in [0.05, 0.1) is 28.4 Å². The lowest BCUT2D eigenvalue weighted by atomic mass is 10.2. The molecule has 0 aliphatic carbocycles. The number of aromatic nitrogens is 1. The third-order valence-corrected chi connectivity index (χ3v) is 4.26. The zero-order valence-corrected chi connectivity index (χ0v) is 17.8. The maximum absolute atomic E-state index is 13.2. The Morgan fingerprint density at radius 1 is 1.40 bits per heavy atom. The Labute approximate surface area is 164 Å². The Morgan fingerprint density at radius 2 is 1.96 bits per heavy atom. The van der Waals surface area contributed by atoms with E-state index in [0.717, 1.165) is 28.7 Å². The van der Waals surface area contributed by atoms with Crippen molar-refractivity contribution >= 4 is 33.8 Å². The number of fused-ring (bicyclic) bond motifs is 1. The fourth-order valence-electron chi connectivity index (χ4n) is 1.87. The van der Waals surface area contributed by atoms with E-state index in [2.05, 4.69) is 35.4 Å². The van der Waals surface area contributed by atoms with Gasteiger partial charge in [-0.05, 0) is 44.2 Å². The SMILES string of the molecule is C#C/C(C=C)=C\N(C)C.CCN.Cc1cc2c(cc1F)cc(C)n2I. The van der Waals surface area contributed by atoms with E-state index in [0.29, 0.717) is 5.56 Å². The summed E-state index contributed by atoms with van der Waals surface area (Å²) < 4.78 is 15.2. The monoisotopic (exact) mass is 455 g/mol. The molecule has 0 aliphatic rings. The normalized spacial score (nSPS) is 10.1. The van der Waals surface area contributed by atoms with Crippen LogP contribution < -0.4 is 5.73 Å². The maximum Gasteiger partial charge on any atom is 0.126 e. The second-order valence-corrected chi connectivity index (χ2v) is 6.50. The summed E-state index contributed by atoms with van der Waals surface area (Å²) in [7, 11) is 3.84. The average Bonchev–Trinajstić information content (AvgIpc) is 2.81. The average molecular weight is 455 g/mol. The molecule has 0 atom stereocenters. The Morgan fingerprint density at radius 3 is 2.36 bits per heavy atom. The van der Waals surface area contributed by atoms with Gasteiger partial charge in [0, 0.05) is 36.9 Å². The molecule has 2 rings (SSSR count). The fraction of sp³-hybridized carbons (Fsp3) is 0.300. The summed E-state index contributed by atoms with van der Waals surface area (Å²) in [5.41, 5.74) is 8.57. The summed E-state index contributed by atoms with van der Waals surface area (Å²) in [4.78, 5) is 1.89. The van der Waals surface area contributed by atoms with Gasteiger partial charge in [0.25, 0.3) is 0 Å². The van der Waals surface area contributed by atoms with Crippen LogP contribution in [0.4, 0.5) is 4.39 Å². The summed E-state index contributed by atoms with van der Waals surface area (Å²) in [6.07, 6.45) is 8.61. The highest BCUT2D eigenvalue weighted by Gasteiger charge is 2.06. The first kappa shape index (κ1) is 23.2. The first-order chi connectivity index (χ1) is 11.7. The minimum Gasteiger partial charge on any atom is -0.382 e. The molecule has 1 aromatic heterocycles. The van der Waals surface area contributed by atoms with E-state index in [4.69, 9.17) is 12.2 Å². The van der Waals surface area contributed by atoms with Crippen LogP contribution in [0.3, 0.4) is 0 Å². The van der Waals surface area contributed by atoms with Crippen molar-refractivity contribution in [3.05, 3.63) is 59.7 Å². The number of halogens is 2. The zero-order chi connectivity index (χ0) is 19.6. The largest absolute Gasteiger partial charge is 0.382 e. The van der Waals surface area contributed by atoms with Crippen LogP contribution in [0.25, 0.3) is 10.9 Å². The number of allylic oxidation sites excluding steroid dienone is 2. The summed E-state index contributed by atoms with van der Waals surface area (Å²) in [5, 5.41) is 0.968. The van der Waals surface area contributed by atoms with Crippen molar-refractivity contribution in [2.45, 2.75) is 20.8 Å². The fourth-order valence-corrected chi connectivity index (χ4v) is 2.42. The van der Waals surface area contributed by atoms with E-state index in [1.54, 1.807) is 19.1 Å². The minimum absolute atomic E-state index is 0.130. The Bertz CT molecular complexity index is 767. The van der Waals surface area contributed by atoms with Crippen LogP contribution in [0.1, 0.15) is 18.2 Å². The topological polar surface area (TPSA) is 34.2 Å². The van der Waals surface area contributed by atoms with Gasteiger partial charge < -0.3 is 10.6 Å². The maximum atomic E-state index is 13.2. The van der Waals surface area contributed by atoms with Crippen molar-refractivity contribution in [3.8, 4) is 12.3 Å². The molecule has 5 heteroatoms. The molecule has 0 amide bonds.